The summed E-state index contributed by atoms with van der Waals surface area (Å²) in [6.07, 6.45) is 2.42. The first kappa shape index (κ1) is 29.9. The third kappa shape index (κ3) is 7.43. The molecule has 0 spiro atoms. The Morgan fingerprint density at radius 3 is 2.26 bits per heavy atom. The third-order valence-electron chi connectivity index (χ3n) is 6.33. The molecule has 2 aromatic carbocycles. The number of azide groups is 1. The van der Waals surface area contributed by atoms with Gasteiger partial charge in [0.05, 0.1) is 32.8 Å². The summed E-state index contributed by atoms with van der Waals surface area (Å²) in [6.45, 7) is 5.88. The van der Waals surface area contributed by atoms with E-state index in [2.05, 4.69) is 41.9 Å². The molecule has 0 bridgehead atoms. The number of ether oxygens (including phenoxy) is 3. The quantitative estimate of drug-likeness (QED) is 0.178. The van der Waals surface area contributed by atoms with Crippen LogP contribution >= 0.6 is 12.4 Å². The largest absolute Gasteiger partial charge is 0.493 e. The highest BCUT2D eigenvalue weighted by atomic mass is 35.5. The second-order valence-electron chi connectivity index (χ2n) is 8.67. The van der Waals surface area contributed by atoms with Gasteiger partial charge in [-0.05, 0) is 73.6 Å². The highest BCUT2D eigenvalue weighted by molar-refractivity contribution is 5.85. The van der Waals surface area contributed by atoms with Crippen molar-refractivity contribution in [3.05, 3.63) is 58.0 Å². The van der Waals surface area contributed by atoms with Crippen LogP contribution < -0.4 is 14.2 Å². The SMILES string of the molecule is COc1cc([C@](C#N)(CCCN(C)CCc2cccc(N=[N+]=[N-])c2)C(C)C)cc(OC)c1OC.Cl. The monoisotopic (exact) mass is 501 g/mol. The van der Waals surface area contributed by atoms with Gasteiger partial charge in [-0.25, -0.2) is 0 Å². The standard InChI is InChI=1S/C26H35N5O3.ClH/c1-19(2)26(18-27,21-16-23(32-4)25(34-6)24(17-21)33-5)12-8-13-31(3)14-11-20-9-7-10-22(15-20)29-30-28;/h7,9-10,15-17,19H,8,11-14H2,1-6H3;1H/t26-;/m0./s1. The Bertz CT molecular complexity index is 1020. The van der Waals surface area contributed by atoms with E-state index in [1.165, 1.54) is 0 Å². The van der Waals surface area contributed by atoms with Crippen LogP contribution in [-0.2, 0) is 11.8 Å². The second kappa shape index (κ2) is 14.3. The van der Waals surface area contributed by atoms with Crippen molar-refractivity contribution in [2.45, 2.75) is 38.5 Å². The van der Waals surface area contributed by atoms with E-state index in [1.54, 1.807) is 27.4 Å². The van der Waals surface area contributed by atoms with Gasteiger partial charge in [0.15, 0.2) is 11.5 Å². The van der Waals surface area contributed by atoms with Crippen LogP contribution in [0, 0.1) is 17.2 Å². The predicted molar refractivity (Wildman–Crippen MR) is 141 cm³/mol. The Morgan fingerprint density at radius 1 is 1.09 bits per heavy atom. The van der Waals surface area contributed by atoms with Gasteiger partial charge in [-0.1, -0.05) is 37.2 Å². The van der Waals surface area contributed by atoms with Crippen molar-refractivity contribution in [1.29, 1.82) is 5.26 Å². The van der Waals surface area contributed by atoms with Crippen LogP contribution in [0.25, 0.3) is 10.4 Å². The van der Waals surface area contributed by atoms with Crippen molar-refractivity contribution in [2.24, 2.45) is 11.0 Å². The molecule has 0 aliphatic rings. The maximum atomic E-state index is 10.3. The number of hydrogen-bond donors (Lipinski definition) is 0. The molecule has 9 heteroatoms. The fourth-order valence-corrected chi connectivity index (χ4v) is 4.24. The summed E-state index contributed by atoms with van der Waals surface area (Å²) in [5, 5.41) is 14.0. The van der Waals surface area contributed by atoms with E-state index in [9.17, 15) is 5.26 Å². The fourth-order valence-electron chi connectivity index (χ4n) is 4.24. The third-order valence-corrected chi connectivity index (χ3v) is 6.33. The first-order chi connectivity index (χ1) is 16.3. The van der Waals surface area contributed by atoms with Gasteiger partial charge in [0.25, 0.3) is 0 Å². The van der Waals surface area contributed by atoms with Gasteiger partial charge in [-0.3, -0.25) is 0 Å². The molecule has 0 saturated carbocycles. The van der Waals surface area contributed by atoms with Crippen molar-refractivity contribution in [2.75, 3.05) is 41.5 Å². The van der Waals surface area contributed by atoms with Crippen LogP contribution in [0.15, 0.2) is 41.5 Å². The number of methoxy groups -OCH3 is 3. The van der Waals surface area contributed by atoms with Gasteiger partial charge in [0.2, 0.25) is 5.75 Å². The Kier molecular flexibility index (Phi) is 12.2. The van der Waals surface area contributed by atoms with E-state index in [4.69, 9.17) is 19.7 Å². The number of benzene rings is 2. The molecular formula is C26H36ClN5O3. The van der Waals surface area contributed by atoms with Gasteiger partial charge >= 0.3 is 0 Å². The molecule has 1 atom stereocenters. The molecule has 0 saturated heterocycles. The van der Waals surface area contributed by atoms with E-state index >= 15 is 0 Å². The minimum absolute atomic E-state index is 0. The number of nitriles is 1. The minimum Gasteiger partial charge on any atom is -0.493 e. The summed E-state index contributed by atoms with van der Waals surface area (Å²) in [7, 11) is 6.83. The van der Waals surface area contributed by atoms with Gasteiger partial charge in [-0.2, -0.15) is 5.26 Å². The van der Waals surface area contributed by atoms with E-state index in [0.717, 1.165) is 37.1 Å². The molecule has 2 rings (SSSR count). The molecule has 0 aliphatic carbocycles. The predicted octanol–water partition coefficient (Wildman–Crippen LogP) is 6.45. The Hall–Kier alpha value is -3.11. The van der Waals surface area contributed by atoms with Gasteiger partial charge in [0, 0.05) is 17.1 Å². The van der Waals surface area contributed by atoms with Crippen LogP contribution in [0.4, 0.5) is 5.69 Å². The molecule has 35 heavy (non-hydrogen) atoms. The van der Waals surface area contributed by atoms with Crippen LogP contribution in [0.1, 0.15) is 37.8 Å². The Balaban J connectivity index is 0.00000612. The highest BCUT2D eigenvalue weighted by Gasteiger charge is 2.37. The topological polar surface area (TPSA) is 103 Å². The van der Waals surface area contributed by atoms with Crippen LogP contribution in [0.5, 0.6) is 17.2 Å². The molecule has 0 unspecified atom stereocenters. The number of hydrogen-bond acceptors (Lipinski definition) is 6. The molecule has 0 fully saturated rings. The zero-order valence-electron chi connectivity index (χ0n) is 21.4. The number of nitrogens with zero attached hydrogens (tertiary/aromatic N) is 5. The average Bonchev–Trinajstić information content (AvgIpc) is 2.84. The fraction of sp³-hybridized carbons (Fsp3) is 0.500. The molecule has 0 amide bonds. The smallest absolute Gasteiger partial charge is 0.203 e. The van der Waals surface area contributed by atoms with Crippen molar-refractivity contribution in [3.63, 3.8) is 0 Å². The number of rotatable bonds is 13. The summed E-state index contributed by atoms with van der Waals surface area (Å²) >= 11 is 0. The Morgan fingerprint density at radius 2 is 1.74 bits per heavy atom. The zero-order chi connectivity index (χ0) is 25.1. The molecule has 2 aromatic rings. The molecule has 0 heterocycles. The van der Waals surface area contributed by atoms with Crippen molar-refractivity contribution in [1.82, 2.24) is 4.90 Å². The van der Waals surface area contributed by atoms with Gasteiger partial charge in [0.1, 0.15) is 0 Å². The summed E-state index contributed by atoms with van der Waals surface area (Å²) in [4.78, 5) is 5.11. The molecule has 8 nitrogen and oxygen atoms in total. The van der Waals surface area contributed by atoms with E-state index in [1.807, 2.05) is 30.3 Å². The highest BCUT2D eigenvalue weighted by Crippen LogP contribution is 2.45. The maximum absolute atomic E-state index is 10.3. The summed E-state index contributed by atoms with van der Waals surface area (Å²) < 4.78 is 16.5. The van der Waals surface area contributed by atoms with E-state index in [-0.39, 0.29) is 18.3 Å². The summed E-state index contributed by atoms with van der Waals surface area (Å²) in [5.74, 6) is 1.72. The second-order valence-corrected chi connectivity index (χ2v) is 8.67. The van der Waals surface area contributed by atoms with Gasteiger partial charge in [-0.15, -0.1) is 12.4 Å². The lowest BCUT2D eigenvalue weighted by atomic mass is 9.69. The summed E-state index contributed by atoms with van der Waals surface area (Å²) in [6, 6.07) is 14.0. The maximum Gasteiger partial charge on any atom is 0.203 e. The molecule has 0 aromatic heterocycles. The van der Waals surface area contributed by atoms with Crippen LogP contribution in [0.3, 0.4) is 0 Å². The first-order valence-electron chi connectivity index (χ1n) is 11.4. The minimum atomic E-state index is -0.683. The lowest BCUT2D eigenvalue weighted by Gasteiger charge is -2.33. The summed E-state index contributed by atoms with van der Waals surface area (Å²) in [5.41, 5.74) is 10.6. The Labute approximate surface area is 214 Å². The van der Waals surface area contributed by atoms with Gasteiger partial charge < -0.3 is 19.1 Å². The zero-order valence-corrected chi connectivity index (χ0v) is 22.3. The normalized spacial score (nSPS) is 12.2. The van der Waals surface area contributed by atoms with E-state index in [0.29, 0.717) is 29.4 Å². The molecular weight excluding hydrogens is 466 g/mol. The molecule has 0 N–H and O–H groups in total. The van der Waals surface area contributed by atoms with Crippen LogP contribution in [-0.4, -0.2) is 46.4 Å². The van der Waals surface area contributed by atoms with Crippen LogP contribution in [0.2, 0.25) is 0 Å². The number of likely N-dealkylation sites (N-methyl/N-ethyl adjacent to an activating group) is 1. The average molecular weight is 502 g/mol. The lowest BCUT2D eigenvalue weighted by Crippen LogP contribution is -2.32. The van der Waals surface area contributed by atoms with Crippen molar-refractivity contribution >= 4 is 18.1 Å². The lowest BCUT2D eigenvalue weighted by molar-refractivity contribution is 0.290. The molecule has 0 aliphatic heterocycles. The molecule has 0 radical (unpaired) electrons. The van der Waals surface area contributed by atoms with Crippen molar-refractivity contribution < 1.29 is 14.2 Å². The van der Waals surface area contributed by atoms with E-state index < -0.39 is 5.41 Å². The molecule has 190 valence electrons. The number of halogens is 1. The van der Waals surface area contributed by atoms with Crippen molar-refractivity contribution in [3.8, 4) is 23.3 Å². The first-order valence-corrected chi connectivity index (χ1v) is 11.4.